The lowest BCUT2D eigenvalue weighted by atomic mass is 10.1. The fourth-order valence-electron chi connectivity index (χ4n) is 2.43. The van der Waals surface area contributed by atoms with E-state index in [1.54, 1.807) is 26.2 Å². The molecule has 2 amide bonds. The molecule has 0 aromatic heterocycles. The first kappa shape index (κ1) is 17.9. The van der Waals surface area contributed by atoms with Crippen molar-refractivity contribution in [3.05, 3.63) is 63.0 Å². The second kappa shape index (κ2) is 7.12. The van der Waals surface area contributed by atoms with E-state index in [0.29, 0.717) is 26.9 Å². The number of anilines is 1. The predicted octanol–water partition coefficient (Wildman–Crippen LogP) is 5.63. The second-order valence-corrected chi connectivity index (χ2v) is 7.07. The second-order valence-electron chi connectivity index (χ2n) is 5.29. The number of amides is 2. The maximum absolute atomic E-state index is 12.8. The summed E-state index contributed by atoms with van der Waals surface area (Å²) in [6.45, 7) is 1.81. The number of thioether (sulfide) groups is 1. The molecular weight excluding hydrogens is 381 g/mol. The summed E-state index contributed by atoms with van der Waals surface area (Å²) in [6.07, 6.45) is 0. The Labute approximate surface area is 159 Å². The Kier molecular flexibility index (Phi) is 5.08. The molecule has 3 rings (SSSR count). The minimum Gasteiger partial charge on any atom is -0.497 e. The molecule has 1 aliphatic rings. The zero-order chi connectivity index (χ0) is 18.1. The van der Waals surface area contributed by atoms with Gasteiger partial charge in [0.05, 0.1) is 27.7 Å². The topological polar surface area (TPSA) is 46.6 Å². The van der Waals surface area contributed by atoms with Gasteiger partial charge in [-0.15, -0.1) is 0 Å². The maximum Gasteiger partial charge on any atom is 0.298 e. The summed E-state index contributed by atoms with van der Waals surface area (Å²) in [5, 5.41) is 0.271. The molecule has 2 aromatic carbocycles. The van der Waals surface area contributed by atoms with Gasteiger partial charge in [0, 0.05) is 0 Å². The van der Waals surface area contributed by atoms with E-state index in [1.807, 2.05) is 24.3 Å². The van der Waals surface area contributed by atoms with Crippen molar-refractivity contribution in [3.8, 4) is 5.75 Å². The molecule has 1 heterocycles. The van der Waals surface area contributed by atoms with Crippen LogP contribution >= 0.6 is 35.0 Å². The minimum atomic E-state index is -0.381. The lowest BCUT2D eigenvalue weighted by molar-refractivity contribution is -0.113. The Bertz CT molecular complexity index is 911. The highest BCUT2D eigenvalue weighted by Crippen LogP contribution is 2.40. The molecule has 7 heteroatoms. The van der Waals surface area contributed by atoms with Gasteiger partial charge in [0.2, 0.25) is 0 Å². The van der Waals surface area contributed by atoms with Crippen LogP contribution in [0.25, 0.3) is 5.57 Å². The average Bonchev–Trinajstić information content (AvgIpc) is 2.91. The highest BCUT2D eigenvalue weighted by Gasteiger charge is 2.38. The van der Waals surface area contributed by atoms with Crippen LogP contribution in [0, 0.1) is 0 Å². The molecule has 0 unspecified atom stereocenters. The van der Waals surface area contributed by atoms with Gasteiger partial charge < -0.3 is 4.74 Å². The lowest BCUT2D eigenvalue weighted by Gasteiger charge is -2.13. The number of benzene rings is 2. The summed E-state index contributed by atoms with van der Waals surface area (Å²) < 4.78 is 5.21. The van der Waals surface area contributed by atoms with Gasteiger partial charge in [-0.25, -0.2) is 4.90 Å². The first-order valence-corrected chi connectivity index (χ1v) is 8.86. The van der Waals surface area contributed by atoms with E-state index in [1.165, 1.54) is 6.07 Å². The largest absolute Gasteiger partial charge is 0.497 e. The van der Waals surface area contributed by atoms with E-state index in [9.17, 15) is 9.59 Å². The molecule has 2 aromatic rings. The lowest BCUT2D eigenvalue weighted by Crippen LogP contribution is -2.27. The van der Waals surface area contributed by atoms with Crippen LogP contribution in [-0.2, 0) is 4.79 Å². The number of methoxy groups -OCH3 is 1. The number of ether oxygens (including phenoxy) is 1. The number of rotatable bonds is 3. The van der Waals surface area contributed by atoms with Crippen LogP contribution in [0.15, 0.2) is 47.4 Å². The van der Waals surface area contributed by atoms with Gasteiger partial charge in [-0.2, -0.15) is 0 Å². The molecule has 4 nitrogen and oxygen atoms in total. The number of halogens is 2. The van der Waals surface area contributed by atoms with Gasteiger partial charge in [0.25, 0.3) is 11.1 Å². The smallest absolute Gasteiger partial charge is 0.298 e. The van der Waals surface area contributed by atoms with E-state index in [0.717, 1.165) is 22.2 Å². The quantitative estimate of drug-likeness (QED) is 0.633. The highest BCUT2D eigenvalue weighted by atomic mass is 35.5. The van der Waals surface area contributed by atoms with Gasteiger partial charge in [-0.1, -0.05) is 35.3 Å². The van der Waals surface area contributed by atoms with E-state index >= 15 is 0 Å². The zero-order valence-electron chi connectivity index (χ0n) is 13.4. The summed E-state index contributed by atoms with van der Waals surface area (Å²) >= 11 is 12.8. The first-order chi connectivity index (χ1) is 11.9. The van der Waals surface area contributed by atoms with Crippen molar-refractivity contribution < 1.29 is 14.3 Å². The molecule has 1 fully saturated rings. The number of carbonyl (C=O) groups excluding carboxylic acids is 2. The Morgan fingerprint density at radius 3 is 2.52 bits per heavy atom. The summed E-state index contributed by atoms with van der Waals surface area (Å²) in [5.41, 5.74) is 1.93. The molecule has 0 radical (unpaired) electrons. The highest BCUT2D eigenvalue weighted by molar-refractivity contribution is 8.19. The summed E-state index contributed by atoms with van der Waals surface area (Å²) in [5.74, 6) is 0.300. The van der Waals surface area contributed by atoms with Crippen LogP contribution in [0.4, 0.5) is 10.5 Å². The third kappa shape index (κ3) is 3.40. The third-order valence-corrected chi connectivity index (χ3v) is 5.56. The fourth-order valence-corrected chi connectivity index (χ4v) is 3.63. The van der Waals surface area contributed by atoms with Gasteiger partial charge in [0.15, 0.2) is 0 Å². The summed E-state index contributed by atoms with van der Waals surface area (Å²) in [4.78, 5) is 26.7. The van der Waals surface area contributed by atoms with Gasteiger partial charge in [0.1, 0.15) is 5.75 Å². The number of nitrogens with zero attached hydrogens (tertiary/aromatic N) is 1. The predicted molar refractivity (Wildman–Crippen MR) is 103 cm³/mol. The van der Waals surface area contributed by atoms with Crippen LogP contribution in [0.2, 0.25) is 10.0 Å². The molecule has 0 aliphatic carbocycles. The molecular formula is C18H13Cl2NO3S. The third-order valence-electron chi connectivity index (χ3n) is 3.77. The van der Waals surface area contributed by atoms with Crippen LogP contribution in [0.5, 0.6) is 5.75 Å². The van der Waals surface area contributed by atoms with Gasteiger partial charge in [-0.3, -0.25) is 9.59 Å². The Hall–Kier alpha value is -1.95. The van der Waals surface area contributed by atoms with Gasteiger partial charge >= 0.3 is 0 Å². The molecule has 0 N–H and O–H groups in total. The molecule has 0 saturated carbocycles. The zero-order valence-corrected chi connectivity index (χ0v) is 15.7. The number of hydrogen-bond donors (Lipinski definition) is 0. The van der Waals surface area contributed by atoms with Crippen molar-refractivity contribution in [2.75, 3.05) is 12.0 Å². The summed E-state index contributed by atoms with van der Waals surface area (Å²) in [6, 6.07) is 12.0. The van der Waals surface area contributed by atoms with Crippen molar-refractivity contribution >= 4 is 57.4 Å². The number of carbonyl (C=O) groups is 2. The van der Waals surface area contributed by atoms with Crippen molar-refractivity contribution in [3.63, 3.8) is 0 Å². The average molecular weight is 394 g/mol. The summed E-state index contributed by atoms with van der Waals surface area (Å²) in [7, 11) is 1.58. The minimum absolute atomic E-state index is 0.284. The molecule has 0 bridgehead atoms. The van der Waals surface area contributed by atoms with Crippen LogP contribution in [0.3, 0.4) is 0 Å². The normalized spacial score (nSPS) is 16.4. The Balaban J connectivity index is 2.01. The van der Waals surface area contributed by atoms with Crippen LogP contribution in [-0.4, -0.2) is 18.3 Å². The van der Waals surface area contributed by atoms with Crippen molar-refractivity contribution in [1.82, 2.24) is 0 Å². The van der Waals surface area contributed by atoms with Crippen LogP contribution in [0.1, 0.15) is 12.5 Å². The van der Waals surface area contributed by atoms with E-state index in [2.05, 4.69) is 0 Å². The van der Waals surface area contributed by atoms with Crippen molar-refractivity contribution in [2.24, 2.45) is 0 Å². The molecule has 128 valence electrons. The van der Waals surface area contributed by atoms with E-state index in [4.69, 9.17) is 27.9 Å². The first-order valence-electron chi connectivity index (χ1n) is 7.29. The van der Waals surface area contributed by atoms with E-state index in [-0.39, 0.29) is 16.2 Å². The van der Waals surface area contributed by atoms with Crippen LogP contribution < -0.4 is 9.64 Å². The molecule has 25 heavy (non-hydrogen) atoms. The van der Waals surface area contributed by atoms with Gasteiger partial charge in [-0.05, 0) is 60.2 Å². The fraction of sp³-hybridized carbons (Fsp3) is 0.111. The Morgan fingerprint density at radius 1 is 1.08 bits per heavy atom. The maximum atomic E-state index is 12.8. The number of imide groups is 1. The monoisotopic (exact) mass is 393 g/mol. The van der Waals surface area contributed by atoms with Crippen molar-refractivity contribution in [2.45, 2.75) is 6.92 Å². The molecule has 1 aliphatic heterocycles. The van der Waals surface area contributed by atoms with Crippen molar-refractivity contribution in [1.29, 1.82) is 0 Å². The Morgan fingerprint density at radius 2 is 1.84 bits per heavy atom. The molecule has 1 saturated heterocycles. The molecule has 0 atom stereocenters. The standard InChI is InChI=1S/C18H13Cl2NO3S/c1-10(11-4-3-5-13(8-11)24-2)16-17(22)21(18(23)25-16)12-6-7-14(19)15(20)9-12/h3-9H,1-2H3/b16-10-. The SMILES string of the molecule is COc1cccc(/C(C)=C2\SC(=O)N(c3ccc(Cl)c(Cl)c3)C2=O)c1. The number of hydrogen-bond acceptors (Lipinski definition) is 4. The van der Waals surface area contributed by atoms with E-state index < -0.39 is 0 Å². The molecule has 0 spiro atoms. The number of allylic oxidation sites excluding steroid dienone is 1.